The molecule has 106 valence electrons. The van der Waals surface area contributed by atoms with Crippen LogP contribution in [0.4, 0.5) is 11.4 Å². The molecule has 1 saturated heterocycles. The Morgan fingerprint density at radius 3 is 2.68 bits per heavy atom. The molecule has 1 unspecified atom stereocenters. The van der Waals surface area contributed by atoms with Gasteiger partial charge in [-0.15, -0.1) is 0 Å². The Labute approximate surface area is 114 Å². The van der Waals surface area contributed by atoms with Crippen molar-refractivity contribution in [2.75, 3.05) is 17.2 Å². The number of nitrogen functional groups attached to an aromatic ring is 1. The molecule has 2 rings (SSSR count). The molecule has 1 aliphatic rings. The molecule has 0 aromatic heterocycles. The Bertz CT molecular complexity index is 557. The Kier molecular flexibility index (Phi) is 4.01. The van der Waals surface area contributed by atoms with Crippen LogP contribution in [0.5, 0.6) is 0 Å². The molecular weight excluding hydrogens is 262 g/mol. The van der Waals surface area contributed by atoms with Crippen molar-refractivity contribution in [3.63, 3.8) is 0 Å². The molecule has 0 aliphatic carbocycles. The maximum atomic E-state index is 11.7. The zero-order valence-corrected chi connectivity index (χ0v) is 12.0. The van der Waals surface area contributed by atoms with Crippen molar-refractivity contribution in [1.29, 1.82) is 0 Å². The first-order valence-corrected chi connectivity index (χ1v) is 8.13. The third-order valence-corrected chi connectivity index (χ3v) is 4.59. The van der Waals surface area contributed by atoms with E-state index in [1.54, 1.807) is 12.1 Å². The highest BCUT2D eigenvalue weighted by Gasteiger charge is 2.23. The standard InChI is InChI=1S/C13H21N3O2S/c1-10-5-3-2-4-8-16(10)12-7-6-11(14)9-13(12)19(15,17)18/h6-7,9-10H,2-5,8,14H2,1H3,(H2,15,17,18). The minimum Gasteiger partial charge on any atom is -0.399 e. The molecule has 0 bridgehead atoms. The molecule has 1 fully saturated rings. The summed E-state index contributed by atoms with van der Waals surface area (Å²) in [6.45, 7) is 2.97. The summed E-state index contributed by atoms with van der Waals surface area (Å²) >= 11 is 0. The molecule has 6 heteroatoms. The van der Waals surface area contributed by atoms with Gasteiger partial charge in [-0.05, 0) is 38.0 Å². The minimum atomic E-state index is -3.76. The number of nitrogens with zero attached hydrogens (tertiary/aromatic N) is 1. The fraction of sp³-hybridized carbons (Fsp3) is 0.538. The average molecular weight is 283 g/mol. The minimum absolute atomic E-state index is 0.126. The van der Waals surface area contributed by atoms with E-state index in [-0.39, 0.29) is 4.90 Å². The third-order valence-electron chi connectivity index (χ3n) is 3.65. The lowest BCUT2D eigenvalue weighted by atomic mass is 10.1. The monoisotopic (exact) mass is 283 g/mol. The molecular formula is C13H21N3O2S. The Morgan fingerprint density at radius 1 is 1.26 bits per heavy atom. The van der Waals surface area contributed by atoms with Crippen molar-refractivity contribution in [3.8, 4) is 0 Å². The quantitative estimate of drug-likeness (QED) is 0.808. The fourth-order valence-corrected chi connectivity index (χ4v) is 3.41. The number of nitrogens with two attached hydrogens (primary N) is 2. The molecule has 1 aliphatic heterocycles. The van der Waals surface area contributed by atoms with Crippen LogP contribution in [0, 0.1) is 0 Å². The van der Waals surface area contributed by atoms with Gasteiger partial charge in [0, 0.05) is 18.3 Å². The molecule has 0 saturated carbocycles. The average Bonchev–Trinajstić information content (AvgIpc) is 2.53. The van der Waals surface area contributed by atoms with Gasteiger partial charge in [-0.2, -0.15) is 0 Å². The summed E-state index contributed by atoms with van der Waals surface area (Å²) < 4.78 is 23.5. The number of hydrogen-bond acceptors (Lipinski definition) is 4. The largest absolute Gasteiger partial charge is 0.399 e. The molecule has 5 nitrogen and oxygen atoms in total. The second-order valence-electron chi connectivity index (χ2n) is 5.16. The zero-order valence-electron chi connectivity index (χ0n) is 11.2. The van der Waals surface area contributed by atoms with Gasteiger partial charge in [0.2, 0.25) is 10.0 Å². The SMILES string of the molecule is CC1CCCCCN1c1ccc(N)cc1S(N)(=O)=O. The van der Waals surface area contributed by atoms with Crippen LogP contribution >= 0.6 is 0 Å². The lowest BCUT2D eigenvalue weighted by Gasteiger charge is -2.31. The first kappa shape index (κ1) is 14.1. The summed E-state index contributed by atoms with van der Waals surface area (Å²) in [4.78, 5) is 2.26. The van der Waals surface area contributed by atoms with Crippen LogP contribution in [0.15, 0.2) is 23.1 Å². The topological polar surface area (TPSA) is 89.4 Å². The van der Waals surface area contributed by atoms with Crippen LogP contribution in [-0.2, 0) is 10.0 Å². The number of rotatable bonds is 2. The molecule has 1 aromatic rings. The van der Waals surface area contributed by atoms with Gasteiger partial charge in [0.1, 0.15) is 4.90 Å². The number of anilines is 2. The summed E-state index contributed by atoms with van der Waals surface area (Å²) in [6.07, 6.45) is 4.49. The Hall–Kier alpha value is -1.27. The van der Waals surface area contributed by atoms with Gasteiger partial charge in [-0.3, -0.25) is 0 Å². The molecule has 19 heavy (non-hydrogen) atoms. The predicted octanol–water partition coefficient (Wildman–Crippen LogP) is 1.69. The van der Waals surface area contributed by atoms with E-state index in [9.17, 15) is 8.42 Å². The molecule has 1 aromatic carbocycles. The van der Waals surface area contributed by atoms with E-state index < -0.39 is 10.0 Å². The molecule has 1 heterocycles. The Balaban J connectivity index is 2.49. The highest BCUT2D eigenvalue weighted by atomic mass is 32.2. The van der Waals surface area contributed by atoms with Gasteiger partial charge in [0.15, 0.2) is 0 Å². The smallest absolute Gasteiger partial charge is 0.240 e. The summed E-state index contributed by atoms with van der Waals surface area (Å²) in [5.41, 5.74) is 6.77. The van der Waals surface area contributed by atoms with Gasteiger partial charge < -0.3 is 10.6 Å². The van der Waals surface area contributed by atoms with Crippen molar-refractivity contribution >= 4 is 21.4 Å². The zero-order chi connectivity index (χ0) is 14.0. The number of benzene rings is 1. The van der Waals surface area contributed by atoms with Gasteiger partial charge in [-0.1, -0.05) is 12.8 Å². The lowest BCUT2D eigenvalue weighted by molar-refractivity contribution is 0.592. The van der Waals surface area contributed by atoms with E-state index in [1.807, 2.05) is 0 Å². The van der Waals surface area contributed by atoms with Crippen LogP contribution in [0.3, 0.4) is 0 Å². The van der Waals surface area contributed by atoms with Gasteiger partial charge in [0.05, 0.1) is 5.69 Å². The highest BCUT2D eigenvalue weighted by Crippen LogP contribution is 2.31. The van der Waals surface area contributed by atoms with Gasteiger partial charge >= 0.3 is 0 Å². The number of sulfonamides is 1. The van der Waals surface area contributed by atoms with Crippen LogP contribution in [0.2, 0.25) is 0 Å². The summed E-state index contributed by atoms with van der Waals surface area (Å²) in [5.74, 6) is 0. The van der Waals surface area contributed by atoms with Crippen LogP contribution < -0.4 is 15.8 Å². The normalized spacial score (nSPS) is 21.2. The van der Waals surface area contributed by atoms with Gasteiger partial charge in [-0.25, -0.2) is 13.6 Å². The maximum Gasteiger partial charge on any atom is 0.240 e. The van der Waals surface area contributed by atoms with E-state index in [4.69, 9.17) is 10.9 Å². The fourth-order valence-electron chi connectivity index (χ4n) is 2.63. The molecule has 0 spiro atoms. The van der Waals surface area contributed by atoms with E-state index >= 15 is 0 Å². The van der Waals surface area contributed by atoms with E-state index in [0.717, 1.165) is 19.4 Å². The molecule has 0 amide bonds. The second-order valence-corrected chi connectivity index (χ2v) is 6.69. The van der Waals surface area contributed by atoms with Crippen molar-refractivity contribution < 1.29 is 8.42 Å². The van der Waals surface area contributed by atoms with Crippen molar-refractivity contribution in [2.24, 2.45) is 5.14 Å². The van der Waals surface area contributed by atoms with Crippen LogP contribution in [0.25, 0.3) is 0 Å². The van der Waals surface area contributed by atoms with Crippen molar-refractivity contribution in [2.45, 2.75) is 43.5 Å². The van der Waals surface area contributed by atoms with E-state index in [1.165, 1.54) is 18.9 Å². The van der Waals surface area contributed by atoms with Crippen LogP contribution in [-0.4, -0.2) is 21.0 Å². The molecule has 1 atom stereocenters. The number of hydrogen-bond donors (Lipinski definition) is 2. The lowest BCUT2D eigenvalue weighted by Crippen LogP contribution is -2.34. The van der Waals surface area contributed by atoms with Crippen molar-refractivity contribution in [1.82, 2.24) is 0 Å². The van der Waals surface area contributed by atoms with Crippen LogP contribution in [0.1, 0.15) is 32.6 Å². The predicted molar refractivity (Wildman–Crippen MR) is 77.5 cm³/mol. The second kappa shape index (κ2) is 5.38. The van der Waals surface area contributed by atoms with Crippen molar-refractivity contribution in [3.05, 3.63) is 18.2 Å². The molecule has 0 radical (unpaired) electrons. The Morgan fingerprint density at radius 2 is 2.00 bits per heavy atom. The van der Waals surface area contributed by atoms with E-state index in [0.29, 0.717) is 17.4 Å². The summed E-state index contributed by atoms with van der Waals surface area (Å²) in [6, 6.07) is 5.24. The first-order chi connectivity index (χ1) is 8.89. The summed E-state index contributed by atoms with van der Waals surface area (Å²) in [7, 11) is -3.76. The third kappa shape index (κ3) is 3.19. The van der Waals surface area contributed by atoms with Gasteiger partial charge in [0.25, 0.3) is 0 Å². The number of primary sulfonamides is 1. The maximum absolute atomic E-state index is 11.7. The highest BCUT2D eigenvalue weighted by molar-refractivity contribution is 7.89. The first-order valence-electron chi connectivity index (χ1n) is 6.58. The van der Waals surface area contributed by atoms with E-state index in [2.05, 4.69) is 11.8 Å². The molecule has 4 N–H and O–H groups in total. The summed E-state index contributed by atoms with van der Waals surface area (Å²) in [5, 5.41) is 5.31.